The van der Waals surface area contributed by atoms with Gasteiger partial charge in [0.05, 0.1) is 0 Å². The van der Waals surface area contributed by atoms with Gasteiger partial charge in [-0.15, -0.1) is 5.06 Å². The van der Waals surface area contributed by atoms with E-state index in [4.69, 9.17) is 4.84 Å². The zero-order chi connectivity index (χ0) is 15.0. The first-order valence-corrected chi connectivity index (χ1v) is 7.85. The summed E-state index contributed by atoms with van der Waals surface area (Å²) in [7, 11) is 0. The molecule has 1 aliphatic heterocycles. The van der Waals surface area contributed by atoms with E-state index in [2.05, 4.69) is 0 Å². The molecule has 110 valence electrons. The normalized spacial score (nSPS) is 19.8. The van der Waals surface area contributed by atoms with Crippen LogP contribution in [0, 0.1) is 5.92 Å². The summed E-state index contributed by atoms with van der Waals surface area (Å²) in [6, 6.07) is 0. The highest BCUT2D eigenvalue weighted by Crippen LogP contribution is 2.20. The lowest BCUT2D eigenvalue weighted by molar-refractivity contribution is -0.198. The number of amides is 2. The molecule has 0 aromatic carbocycles. The van der Waals surface area contributed by atoms with Gasteiger partial charge in [-0.25, -0.2) is 4.79 Å². The van der Waals surface area contributed by atoms with E-state index in [9.17, 15) is 14.4 Å². The lowest BCUT2D eigenvalue weighted by atomic mass is 10.1. The smallest absolute Gasteiger partial charge is 0.330 e. The Labute approximate surface area is 119 Å². The van der Waals surface area contributed by atoms with Gasteiger partial charge < -0.3 is 4.84 Å². The molecule has 1 fully saturated rings. The molecule has 1 saturated heterocycles. The van der Waals surface area contributed by atoms with Gasteiger partial charge in [-0.1, -0.05) is 27.7 Å². The van der Waals surface area contributed by atoms with Gasteiger partial charge in [0.1, 0.15) is 0 Å². The lowest BCUT2D eigenvalue weighted by Crippen LogP contribution is -2.33. The molecule has 1 rings (SSSR count). The summed E-state index contributed by atoms with van der Waals surface area (Å²) in [4.78, 5) is 39.0. The molecule has 2 amide bonds. The molecule has 2 unspecified atom stereocenters. The lowest BCUT2D eigenvalue weighted by Gasteiger charge is -2.13. The van der Waals surface area contributed by atoms with Gasteiger partial charge in [-0.2, -0.15) is 11.8 Å². The van der Waals surface area contributed by atoms with Crippen molar-refractivity contribution in [3.63, 3.8) is 0 Å². The number of imide groups is 1. The minimum absolute atomic E-state index is 0.118. The first kappa shape index (κ1) is 18.0. The molecule has 0 spiro atoms. The van der Waals surface area contributed by atoms with Gasteiger partial charge in [0.15, 0.2) is 0 Å². The second-order valence-corrected chi connectivity index (χ2v) is 5.46. The Morgan fingerprint density at radius 1 is 1.47 bits per heavy atom. The Morgan fingerprint density at radius 2 is 2.05 bits per heavy atom. The third-order valence-electron chi connectivity index (χ3n) is 2.68. The van der Waals surface area contributed by atoms with Crippen LogP contribution < -0.4 is 0 Å². The zero-order valence-electron chi connectivity index (χ0n) is 12.3. The molecule has 6 heteroatoms. The van der Waals surface area contributed by atoms with Crippen LogP contribution in [-0.4, -0.2) is 34.4 Å². The minimum atomic E-state index is -0.526. The highest BCUT2D eigenvalue weighted by molar-refractivity contribution is 7.99. The number of carbonyl (C=O) groups is 3. The summed E-state index contributed by atoms with van der Waals surface area (Å²) in [5.41, 5.74) is 0. The van der Waals surface area contributed by atoms with Crippen LogP contribution in [-0.2, 0) is 19.2 Å². The van der Waals surface area contributed by atoms with Crippen molar-refractivity contribution in [2.24, 2.45) is 5.92 Å². The predicted molar refractivity (Wildman–Crippen MR) is 75.3 cm³/mol. The maximum Gasteiger partial charge on any atom is 0.333 e. The molecule has 1 aliphatic rings. The molecule has 0 N–H and O–H groups in total. The Morgan fingerprint density at radius 3 is 2.47 bits per heavy atom. The monoisotopic (exact) mass is 289 g/mol. The predicted octanol–water partition coefficient (Wildman–Crippen LogP) is 2.40. The van der Waals surface area contributed by atoms with Crippen molar-refractivity contribution < 1.29 is 19.2 Å². The van der Waals surface area contributed by atoms with Gasteiger partial charge in [-0.3, -0.25) is 9.59 Å². The van der Waals surface area contributed by atoms with Crippen molar-refractivity contribution in [2.45, 2.75) is 52.2 Å². The van der Waals surface area contributed by atoms with E-state index in [1.165, 1.54) is 0 Å². The largest absolute Gasteiger partial charge is 0.333 e. The fraction of sp³-hybridized carbons (Fsp3) is 0.769. The second kappa shape index (κ2) is 8.96. The van der Waals surface area contributed by atoms with E-state index in [0.717, 1.165) is 0 Å². The van der Waals surface area contributed by atoms with Crippen molar-refractivity contribution in [3.05, 3.63) is 0 Å². The summed E-state index contributed by atoms with van der Waals surface area (Å²) in [6.07, 6.45) is 2.97. The summed E-state index contributed by atoms with van der Waals surface area (Å²) in [5.74, 6) is -1.78. The molecular weight excluding hydrogens is 266 g/mol. The van der Waals surface area contributed by atoms with Crippen molar-refractivity contribution in [2.75, 3.05) is 6.26 Å². The first-order valence-electron chi connectivity index (χ1n) is 6.56. The number of nitrogens with zero attached hydrogens (tertiary/aromatic N) is 1. The van der Waals surface area contributed by atoms with Gasteiger partial charge in [0.25, 0.3) is 11.8 Å². The average Bonchev–Trinajstić information content (AvgIpc) is 2.65. The number of rotatable bonds is 5. The van der Waals surface area contributed by atoms with Crippen LogP contribution in [0.1, 0.15) is 47.0 Å². The van der Waals surface area contributed by atoms with Crippen molar-refractivity contribution >= 4 is 29.5 Å². The summed E-state index contributed by atoms with van der Waals surface area (Å²) in [6.45, 7) is 7.65. The number of hydroxylamine groups is 2. The molecule has 1 heterocycles. The number of hydrogen-bond donors (Lipinski definition) is 0. The number of thioether (sulfide) groups is 1. The fourth-order valence-corrected chi connectivity index (χ4v) is 1.79. The molecule has 0 radical (unpaired) electrons. The highest BCUT2D eigenvalue weighted by atomic mass is 32.2. The van der Waals surface area contributed by atoms with Gasteiger partial charge in [0, 0.05) is 24.0 Å². The Kier molecular flexibility index (Phi) is 8.47. The molecule has 0 saturated carbocycles. The van der Waals surface area contributed by atoms with Gasteiger partial charge >= 0.3 is 5.97 Å². The Hall–Kier alpha value is -1.04. The van der Waals surface area contributed by atoms with Crippen molar-refractivity contribution in [1.82, 2.24) is 5.06 Å². The molecule has 0 bridgehead atoms. The minimum Gasteiger partial charge on any atom is -0.330 e. The molecular formula is C13H23NO4S. The maximum absolute atomic E-state index is 11.5. The SMILES string of the molecule is CC.CSC(C)CCC(=O)ON1C(=O)CC(C)C1=O. The van der Waals surface area contributed by atoms with E-state index < -0.39 is 17.8 Å². The number of hydrogen-bond acceptors (Lipinski definition) is 5. The first-order chi connectivity index (χ1) is 8.95. The van der Waals surface area contributed by atoms with Crippen LogP contribution in [0.4, 0.5) is 0 Å². The van der Waals surface area contributed by atoms with E-state index >= 15 is 0 Å². The topological polar surface area (TPSA) is 63.7 Å². The van der Waals surface area contributed by atoms with E-state index in [-0.39, 0.29) is 18.8 Å². The molecule has 2 atom stereocenters. The van der Waals surface area contributed by atoms with Crippen LogP contribution in [0.3, 0.4) is 0 Å². The second-order valence-electron chi connectivity index (χ2n) is 4.18. The van der Waals surface area contributed by atoms with Crippen LogP contribution in [0.5, 0.6) is 0 Å². The van der Waals surface area contributed by atoms with E-state index in [1.54, 1.807) is 18.7 Å². The van der Waals surface area contributed by atoms with Crippen LogP contribution in [0.15, 0.2) is 0 Å². The fourth-order valence-electron chi connectivity index (χ4n) is 1.44. The van der Waals surface area contributed by atoms with E-state index in [0.29, 0.717) is 16.7 Å². The van der Waals surface area contributed by atoms with E-state index in [1.807, 2.05) is 27.0 Å². The quantitative estimate of drug-likeness (QED) is 0.727. The van der Waals surface area contributed by atoms with Gasteiger partial charge in [0.2, 0.25) is 0 Å². The van der Waals surface area contributed by atoms with Crippen LogP contribution >= 0.6 is 11.8 Å². The third-order valence-corrected chi connectivity index (χ3v) is 3.72. The maximum atomic E-state index is 11.5. The standard InChI is InChI=1S/C11H17NO4S.C2H6/c1-7-6-9(13)12(11(7)15)16-10(14)5-4-8(2)17-3;1-2/h7-8H,4-6H2,1-3H3;1-2H3. The van der Waals surface area contributed by atoms with Crippen molar-refractivity contribution in [1.29, 1.82) is 0 Å². The molecule has 0 aliphatic carbocycles. The molecule has 0 aromatic rings. The highest BCUT2D eigenvalue weighted by Gasteiger charge is 2.38. The molecule has 19 heavy (non-hydrogen) atoms. The average molecular weight is 289 g/mol. The summed E-state index contributed by atoms with van der Waals surface area (Å²) in [5, 5.41) is 0.961. The number of carbonyl (C=O) groups excluding carboxylic acids is 3. The van der Waals surface area contributed by atoms with Crippen molar-refractivity contribution in [3.8, 4) is 0 Å². The zero-order valence-corrected chi connectivity index (χ0v) is 13.1. The van der Waals surface area contributed by atoms with Crippen LogP contribution in [0.25, 0.3) is 0 Å². The van der Waals surface area contributed by atoms with Crippen LogP contribution in [0.2, 0.25) is 0 Å². The Balaban J connectivity index is 0.00000154. The Bertz CT molecular complexity index is 333. The summed E-state index contributed by atoms with van der Waals surface area (Å²) < 4.78 is 0. The molecule has 5 nitrogen and oxygen atoms in total. The summed E-state index contributed by atoms with van der Waals surface area (Å²) >= 11 is 1.66. The molecule has 0 aromatic heterocycles. The third kappa shape index (κ3) is 5.63. The van der Waals surface area contributed by atoms with Gasteiger partial charge in [-0.05, 0) is 12.7 Å².